The van der Waals surface area contributed by atoms with Gasteiger partial charge in [0.2, 0.25) is 5.91 Å². The minimum Gasteiger partial charge on any atom is -0.497 e. The maximum Gasteiger partial charge on any atom is 0.225 e. The molecule has 1 amide bonds. The number of aliphatic hydroxyl groups excluding tert-OH is 1. The van der Waals surface area contributed by atoms with Crippen molar-refractivity contribution in [1.29, 1.82) is 0 Å². The van der Waals surface area contributed by atoms with Crippen molar-refractivity contribution < 1.29 is 28.5 Å². The molecule has 208 valence electrons. The van der Waals surface area contributed by atoms with E-state index >= 15 is 4.39 Å². The van der Waals surface area contributed by atoms with Crippen molar-refractivity contribution in [3.63, 3.8) is 0 Å². The van der Waals surface area contributed by atoms with Crippen LogP contribution in [-0.4, -0.2) is 74.7 Å². The minimum absolute atomic E-state index is 0.0653. The van der Waals surface area contributed by atoms with Crippen LogP contribution in [0.15, 0.2) is 36.4 Å². The number of nitrogens with two attached hydrogens (primary N) is 1. The normalized spacial score (nSPS) is 23.3. The molecule has 1 aliphatic carbocycles. The number of amides is 1. The van der Waals surface area contributed by atoms with Gasteiger partial charge >= 0.3 is 0 Å². The van der Waals surface area contributed by atoms with E-state index in [1.807, 2.05) is 36.1 Å². The number of morpholine rings is 1. The standard InChI is InChI=1S/C30H41FN2O5/c1-19-14-21(17-23(15-19)37-3)28-24(6-4-8-26(28)31)25(7-5-12-36-2)29(34)27-18-33(11-13-38-27)30(35)20-9-10-22(32)16-20/h4,6,8,14-15,17,20,22,25,27,29,34H,5,7,9-13,16,18,32H2,1-3H3/t20-,22+,25?,27?,29-/m1/s1. The van der Waals surface area contributed by atoms with Gasteiger partial charge in [-0.05, 0) is 73.9 Å². The van der Waals surface area contributed by atoms with E-state index in [1.165, 1.54) is 6.07 Å². The summed E-state index contributed by atoms with van der Waals surface area (Å²) in [6.07, 6.45) is 2.09. The average Bonchev–Trinajstić information content (AvgIpc) is 3.36. The third kappa shape index (κ3) is 6.54. The first-order valence-corrected chi connectivity index (χ1v) is 13.6. The number of hydrogen-bond acceptors (Lipinski definition) is 6. The number of nitrogens with zero attached hydrogens (tertiary/aromatic N) is 1. The van der Waals surface area contributed by atoms with Gasteiger partial charge in [-0.25, -0.2) is 4.39 Å². The maximum atomic E-state index is 15.5. The van der Waals surface area contributed by atoms with Gasteiger partial charge in [-0.1, -0.05) is 18.2 Å². The fraction of sp³-hybridized carbons (Fsp3) is 0.567. The predicted octanol–water partition coefficient (Wildman–Crippen LogP) is 4.04. The van der Waals surface area contributed by atoms with E-state index in [9.17, 15) is 9.90 Å². The molecule has 3 N–H and O–H groups in total. The largest absolute Gasteiger partial charge is 0.497 e. The maximum absolute atomic E-state index is 15.5. The van der Waals surface area contributed by atoms with Crippen LogP contribution in [0.4, 0.5) is 4.39 Å². The summed E-state index contributed by atoms with van der Waals surface area (Å²) in [6.45, 7) is 3.61. The lowest BCUT2D eigenvalue weighted by Gasteiger charge is -2.39. The molecular formula is C30H41FN2O5. The molecule has 0 aromatic heterocycles. The lowest BCUT2D eigenvalue weighted by Crippen LogP contribution is -2.52. The molecule has 4 rings (SSSR count). The van der Waals surface area contributed by atoms with Crippen molar-refractivity contribution in [2.24, 2.45) is 11.7 Å². The highest BCUT2D eigenvalue weighted by molar-refractivity contribution is 5.79. The molecule has 2 aromatic rings. The van der Waals surface area contributed by atoms with E-state index in [-0.39, 0.29) is 23.7 Å². The number of ether oxygens (including phenoxy) is 3. The summed E-state index contributed by atoms with van der Waals surface area (Å²) in [4.78, 5) is 15.0. The molecular weight excluding hydrogens is 487 g/mol. The van der Waals surface area contributed by atoms with Crippen LogP contribution >= 0.6 is 0 Å². The number of aliphatic hydroxyl groups is 1. The van der Waals surface area contributed by atoms with Crippen LogP contribution in [-0.2, 0) is 14.3 Å². The second kappa shape index (κ2) is 13.0. The van der Waals surface area contributed by atoms with Gasteiger partial charge in [0, 0.05) is 50.2 Å². The summed E-state index contributed by atoms with van der Waals surface area (Å²) >= 11 is 0. The van der Waals surface area contributed by atoms with Crippen molar-refractivity contribution in [1.82, 2.24) is 4.90 Å². The number of hydrogen-bond donors (Lipinski definition) is 2. The van der Waals surface area contributed by atoms with Gasteiger partial charge in [0.15, 0.2) is 0 Å². The zero-order valence-corrected chi connectivity index (χ0v) is 22.7. The van der Waals surface area contributed by atoms with Crippen LogP contribution in [0.25, 0.3) is 11.1 Å². The highest BCUT2D eigenvalue weighted by Gasteiger charge is 2.38. The quantitative estimate of drug-likeness (QED) is 0.452. The van der Waals surface area contributed by atoms with Crippen molar-refractivity contribution in [2.45, 2.75) is 63.2 Å². The number of methoxy groups -OCH3 is 2. The van der Waals surface area contributed by atoms with Gasteiger partial charge in [0.1, 0.15) is 17.7 Å². The summed E-state index contributed by atoms with van der Waals surface area (Å²) in [5.74, 6) is -0.125. The Kier molecular flexibility index (Phi) is 9.76. The molecule has 1 saturated heterocycles. The van der Waals surface area contributed by atoms with E-state index in [1.54, 1.807) is 20.3 Å². The lowest BCUT2D eigenvalue weighted by molar-refractivity contribution is -0.149. The number of carbonyl (C=O) groups excluding carboxylic acids is 1. The number of benzene rings is 2. The van der Waals surface area contributed by atoms with E-state index in [4.69, 9.17) is 19.9 Å². The Morgan fingerprint density at radius 2 is 2.08 bits per heavy atom. The smallest absolute Gasteiger partial charge is 0.225 e. The second-order valence-electron chi connectivity index (χ2n) is 10.6. The molecule has 1 heterocycles. The van der Waals surface area contributed by atoms with Crippen LogP contribution < -0.4 is 10.5 Å². The Balaban J connectivity index is 1.64. The molecule has 2 fully saturated rings. The predicted molar refractivity (Wildman–Crippen MR) is 145 cm³/mol. The zero-order valence-electron chi connectivity index (χ0n) is 22.7. The van der Waals surface area contributed by atoms with E-state index in [2.05, 4.69) is 0 Å². The minimum atomic E-state index is -0.944. The molecule has 2 unspecified atom stereocenters. The van der Waals surface area contributed by atoms with Crippen molar-refractivity contribution in [2.75, 3.05) is 40.5 Å². The zero-order chi connectivity index (χ0) is 27.2. The second-order valence-corrected chi connectivity index (χ2v) is 10.6. The molecule has 1 saturated carbocycles. The molecule has 0 bridgehead atoms. The van der Waals surface area contributed by atoms with Gasteiger partial charge in [-0.2, -0.15) is 0 Å². The van der Waals surface area contributed by atoms with Crippen LogP contribution in [0.1, 0.15) is 49.1 Å². The Morgan fingerprint density at radius 3 is 2.79 bits per heavy atom. The Morgan fingerprint density at radius 1 is 1.26 bits per heavy atom. The molecule has 5 atom stereocenters. The van der Waals surface area contributed by atoms with Gasteiger partial charge in [-0.3, -0.25) is 4.79 Å². The van der Waals surface area contributed by atoms with Gasteiger partial charge in [-0.15, -0.1) is 0 Å². The molecule has 2 aromatic carbocycles. The first-order valence-electron chi connectivity index (χ1n) is 13.6. The summed E-state index contributed by atoms with van der Waals surface area (Å²) in [7, 11) is 3.23. The number of halogens is 1. The van der Waals surface area contributed by atoms with Crippen molar-refractivity contribution >= 4 is 5.91 Å². The topological polar surface area (TPSA) is 94.2 Å². The molecule has 1 aliphatic heterocycles. The summed E-state index contributed by atoms with van der Waals surface area (Å²) in [5.41, 5.74) is 8.83. The van der Waals surface area contributed by atoms with E-state index < -0.39 is 18.1 Å². The Labute approximate surface area is 225 Å². The van der Waals surface area contributed by atoms with E-state index in [0.29, 0.717) is 68.0 Å². The summed E-state index contributed by atoms with van der Waals surface area (Å²) in [6, 6.07) is 10.7. The molecule has 38 heavy (non-hydrogen) atoms. The SMILES string of the molecule is COCCCC(c1cccc(F)c1-c1cc(C)cc(OC)c1)[C@@H](O)C1CN(C(=O)[C@@H]2CC[C@H](N)C2)CCO1. The van der Waals surface area contributed by atoms with Crippen molar-refractivity contribution in [3.05, 3.63) is 53.3 Å². The number of carbonyl (C=O) groups is 1. The Bertz CT molecular complexity index is 1100. The molecule has 7 nitrogen and oxygen atoms in total. The summed E-state index contributed by atoms with van der Waals surface area (Å²) < 4.78 is 32.3. The third-order valence-electron chi connectivity index (χ3n) is 7.90. The van der Waals surface area contributed by atoms with Gasteiger partial charge < -0.3 is 30.0 Å². The molecule has 8 heteroatoms. The molecule has 0 spiro atoms. The van der Waals surface area contributed by atoms with E-state index in [0.717, 1.165) is 18.4 Å². The third-order valence-corrected chi connectivity index (χ3v) is 7.90. The summed E-state index contributed by atoms with van der Waals surface area (Å²) in [5, 5.41) is 11.7. The van der Waals surface area contributed by atoms with Crippen molar-refractivity contribution in [3.8, 4) is 16.9 Å². The lowest BCUT2D eigenvalue weighted by atomic mass is 9.81. The average molecular weight is 529 g/mol. The highest BCUT2D eigenvalue weighted by atomic mass is 19.1. The van der Waals surface area contributed by atoms with Crippen LogP contribution in [0.3, 0.4) is 0 Å². The van der Waals surface area contributed by atoms with Gasteiger partial charge in [0.05, 0.1) is 19.8 Å². The van der Waals surface area contributed by atoms with Gasteiger partial charge in [0.25, 0.3) is 0 Å². The Hall–Kier alpha value is -2.52. The monoisotopic (exact) mass is 528 g/mol. The highest BCUT2D eigenvalue weighted by Crippen LogP contribution is 2.39. The first kappa shape index (κ1) is 28.5. The molecule has 0 radical (unpaired) electrons. The fourth-order valence-corrected chi connectivity index (χ4v) is 5.96. The van der Waals surface area contributed by atoms with Crippen LogP contribution in [0.5, 0.6) is 5.75 Å². The van der Waals surface area contributed by atoms with Crippen LogP contribution in [0, 0.1) is 18.7 Å². The number of rotatable bonds is 10. The molecule has 2 aliphatic rings. The number of aryl methyl sites for hydroxylation is 1. The first-order chi connectivity index (χ1) is 18.3. The fourth-order valence-electron chi connectivity index (χ4n) is 5.96. The van der Waals surface area contributed by atoms with Crippen LogP contribution in [0.2, 0.25) is 0 Å².